The summed E-state index contributed by atoms with van der Waals surface area (Å²) in [7, 11) is 0. The van der Waals surface area contributed by atoms with Gasteiger partial charge in [0.1, 0.15) is 0 Å². The fourth-order valence-corrected chi connectivity index (χ4v) is 1.81. The van der Waals surface area contributed by atoms with Crippen LogP contribution in [0, 0.1) is 12.8 Å². The molecule has 2 rings (SSSR count). The van der Waals surface area contributed by atoms with Crippen LogP contribution in [0.4, 0.5) is 5.95 Å². The smallest absolute Gasteiger partial charge is 0.341 e. The van der Waals surface area contributed by atoms with Crippen LogP contribution in [-0.4, -0.2) is 41.5 Å². The summed E-state index contributed by atoms with van der Waals surface area (Å²) in [6.45, 7) is 4.86. The second-order valence-electron chi connectivity index (χ2n) is 4.91. The zero-order valence-corrected chi connectivity index (χ0v) is 12.3. The van der Waals surface area contributed by atoms with Gasteiger partial charge in [0.25, 0.3) is 0 Å². The third-order valence-corrected chi connectivity index (χ3v) is 3.13. The normalized spacial score (nSPS) is 13.6. The lowest BCUT2D eigenvalue weighted by Crippen LogP contribution is -2.30. The summed E-state index contributed by atoms with van der Waals surface area (Å²) in [5.41, 5.74) is 0.928. The lowest BCUT2D eigenvalue weighted by atomic mass is 10.2. The molecular weight excluding hydrogens is 272 g/mol. The molecular formula is C14H20N4O3. The standard InChI is InChI=1S/C14H20N4O3/c1-3-21-13(20)11-8-17-14(18-9(11)2)16-7-6-15-12(19)10-4-5-10/h8,10H,3-7H2,1-2H3,(H,15,19)(H,16,17,18). The first-order valence-electron chi connectivity index (χ1n) is 7.14. The van der Waals surface area contributed by atoms with Gasteiger partial charge in [-0.25, -0.2) is 14.8 Å². The number of amides is 1. The Labute approximate surface area is 123 Å². The molecule has 7 heteroatoms. The lowest BCUT2D eigenvalue weighted by molar-refractivity contribution is -0.122. The Morgan fingerprint density at radius 1 is 1.38 bits per heavy atom. The van der Waals surface area contributed by atoms with Crippen molar-refractivity contribution in [1.29, 1.82) is 0 Å². The van der Waals surface area contributed by atoms with Crippen molar-refractivity contribution in [2.75, 3.05) is 25.0 Å². The van der Waals surface area contributed by atoms with Gasteiger partial charge in [-0.2, -0.15) is 0 Å². The summed E-state index contributed by atoms with van der Waals surface area (Å²) in [6.07, 6.45) is 3.44. The zero-order chi connectivity index (χ0) is 15.2. The molecule has 1 fully saturated rings. The van der Waals surface area contributed by atoms with Gasteiger partial charge in [0, 0.05) is 25.2 Å². The van der Waals surface area contributed by atoms with E-state index in [0.717, 1.165) is 12.8 Å². The van der Waals surface area contributed by atoms with Crippen molar-refractivity contribution in [2.45, 2.75) is 26.7 Å². The van der Waals surface area contributed by atoms with E-state index in [-0.39, 0.29) is 11.8 Å². The number of rotatable bonds is 7. The molecule has 1 saturated carbocycles. The van der Waals surface area contributed by atoms with Crippen molar-refractivity contribution in [1.82, 2.24) is 15.3 Å². The summed E-state index contributed by atoms with van der Waals surface area (Å²) in [5.74, 6) is 0.346. The van der Waals surface area contributed by atoms with Crippen LogP contribution in [0.15, 0.2) is 6.20 Å². The van der Waals surface area contributed by atoms with Crippen molar-refractivity contribution in [3.05, 3.63) is 17.5 Å². The molecule has 21 heavy (non-hydrogen) atoms. The van der Waals surface area contributed by atoms with Gasteiger partial charge in [0.2, 0.25) is 11.9 Å². The number of ether oxygens (including phenoxy) is 1. The molecule has 0 atom stereocenters. The van der Waals surface area contributed by atoms with Crippen LogP contribution in [0.3, 0.4) is 0 Å². The van der Waals surface area contributed by atoms with Crippen LogP contribution in [0.25, 0.3) is 0 Å². The number of nitrogens with zero attached hydrogens (tertiary/aromatic N) is 2. The Hall–Kier alpha value is -2.18. The first-order valence-corrected chi connectivity index (χ1v) is 7.14. The number of anilines is 1. The topological polar surface area (TPSA) is 93.2 Å². The third-order valence-electron chi connectivity index (χ3n) is 3.13. The van der Waals surface area contributed by atoms with Gasteiger partial charge in [-0.15, -0.1) is 0 Å². The molecule has 0 aromatic carbocycles. The first-order chi connectivity index (χ1) is 10.1. The molecule has 0 aliphatic heterocycles. The fraction of sp³-hybridized carbons (Fsp3) is 0.571. The van der Waals surface area contributed by atoms with Gasteiger partial charge in [0.05, 0.1) is 17.9 Å². The van der Waals surface area contributed by atoms with Crippen molar-refractivity contribution in [3.8, 4) is 0 Å². The summed E-state index contributed by atoms with van der Waals surface area (Å²) in [5, 5.41) is 5.85. The van der Waals surface area contributed by atoms with Crippen LogP contribution < -0.4 is 10.6 Å². The number of carbonyl (C=O) groups excluding carboxylic acids is 2. The lowest BCUT2D eigenvalue weighted by Gasteiger charge is -2.08. The van der Waals surface area contributed by atoms with Gasteiger partial charge in [-0.3, -0.25) is 4.79 Å². The largest absolute Gasteiger partial charge is 0.462 e. The van der Waals surface area contributed by atoms with E-state index in [1.807, 2.05) is 0 Å². The van der Waals surface area contributed by atoms with Gasteiger partial charge in [0.15, 0.2) is 0 Å². The van der Waals surface area contributed by atoms with E-state index in [1.165, 1.54) is 6.20 Å². The van der Waals surface area contributed by atoms with E-state index >= 15 is 0 Å². The maximum Gasteiger partial charge on any atom is 0.341 e. The molecule has 1 aliphatic carbocycles. The van der Waals surface area contributed by atoms with E-state index in [0.29, 0.717) is 36.9 Å². The SMILES string of the molecule is CCOC(=O)c1cnc(NCCNC(=O)C2CC2)nc1C. The van der Waals surface area contributed by atoms with Crippen LogP contribution >= 0.6 is 0 Å². The highest BCUT2D eigenvalue weighted by atomic mass is 16.5. The van der Waals surface area contributed by atoms with Crippen LogP contribution in [0.1, 0.15) is 35.8 Å². The van der Waals surface area contributed by atoms with E-state index in [4.69, 9.17) is 4.74 Å². The van der Waals surface area contributed by atoms with Crippen molar-refractivity contribution >= 4 is 17.8 Å². The minimum Gasteiger partial charge on any atom is -0.462 e. The third kappa shape index (κ3) is 4.40. The number of aryl methyl sites for hydroxylation is 1. The first kappa shape index (κ1) is 15.2. The van der Waals surface area contributed by atoms with Crippen LogP contribution in [-0.2, 0) is 9.53 Å². The average molecular weight is 292 g/mol. The molecule has 0 radical (unpaired) electrons. The van der Waals surface area contributed by atoms with E-state index in [2.05, 4.69) is 20.6 Å². The predicted molar refractivity (Wildman–Crippen MR) is 76.9 cm³/mol. The highest BCUT2D eigenvalue weighted by Crippen LogP contribution is 2.28. The summed E-state index contributed by atoms with van der Waals surface area (Å²) >= 11 is 0. The number of nitrogens with one attached hydrogen (secondary N) is 2. The maximum absolute atomic E-state index is 11.6. The Morgan fingerprint density at radius 3 is 2.76 bits per heavy atom. The molecule has 0 bridgehead atoms. The van der Waals surface area contributed by atoms with Crippen molar-refractivity contribution in [2.24, 2.45) is 5.92 Å². The van der Waals surface area contributed by atoms with E-state index in [1.54, 1.807) is 13.8 Å². The van der Waals surface area contributed by atoms with E-state index in [9.17, 15) is 9.59 Å². The number of esters is 1. The second kappa shape index (κ2) is 7.01. The van der Waals surface area contributed by atoms with Gasteiger partial charge >= 0.3 is 5.97 Å². The molecule has 0 spiro atoms. The molecule has 1 aromatic heterocycles. The number of carbonyl (C=O) groups is 2. The van der Waals surface area contributed by atoms with Crippen molar-refractivity contribution < 1.29 is 14.3 Å². The fourth-order valence-electron chi connectivity index (χ4n) is 1.81. The quantitative estimate of drug-likeness (QED) is 0.573. The number of hydrogen-bond acceptors (Lipinski definition) is 6. The number of aromatic nitrogens is 2. The highest BCUT2D eigenvalue weighted by Gasteiger charge is 2.28. The molecule has 1 amide bonds. The molecule has 2 N–H and O–H groups in total. The molecule has 0 unspecified atom stereocenters. The highest BCUT2D eigenvalue weighted by molar-refractivity contribution is 5.90. The predicted octanol–water partition coefficient (Wildman–Crippen LogP) is 0.900. The minimum absolute atomic E-state index is 0.117. The van der Waals surface area contributed by atoms with Gasteiger partial charge < -0.3 is 15.4 Å². The Bertz CT molecular complexity index is 529. The summed E-state index contributed by atoms with van der Waals surface area (Å²) in [4.78, 5) is 31.3. The summed E-state index contributed by atoms with van der Waals surface area (Å²) in [6, 6.07) is 0. The molecule has 1 heterocycles. The Balaban J connectivity index is 1.79. The Morgan fingerprint density at radius 2 is 2.14 bits per heavy atom. The Kier molecular flexibility index (Phi) is 5.08. The van der Waals surface area contributed by atoms with Gasteiger partial charge in [-0.1, -0.05) is 0 Å². The maximum atomic E-state index is 11.6. The van der Waals surface area contributed by atoms with Gasteiger partial charge in [-0.05, 0) is 26.7 Å². The monoisotopic (exact) mass is 292 g/mol. The van der Waals surface area contributed by atoms with Crippen LogP contribution in [0.2, 0.25) is 0 Å². The van der Waals surface area contributed by atoms with E-state index < -0.39 is 5.97 Å². The number of hydrogen-bond donors (Lipinski definition) is 2. The molecule has 1 aliphatic rings. The molecule has 1 aromatic rings. The summed E-state index contributed by atoms with van der Waals surface area (Å²) < 4.78 is 4.91. The average Bonchev–Trinajstić information content (AvgIpc) is 3.28. The zero-order valence-electron chi connectivity index (χ0n) is 12.3. The molecule has 114 valence electrons. The minimum atomic E-state index is -0.418. The van der Waals surface area contributed by atoms with Crippen molar-refractivity contribution in [3.63, 3.8) is 0 Å². The van der Waals surface area contributed by atoms with Crippen LogP contribution in [0.5, 0.6) is 0 Å². The second-order valence-corrected chi connectivity index (χ2v) is 4.91. The molecule has 0 saturated heterocycles. The molecule has 7 nitrogen and oxygen atoms in total.